The highest BCUT2D eigenvalue weighted by Crippen LogP contribution is 2.30. The van der Waals surface area contributed by atoms with Gasteiger partial charge in [0.05, 0.1) is 33.7 Å². The lowest BCUT2D eigenvalue weighted by Gasteiger charge is -2.17. The van der Waals surface area contributed by atoms with Gasteiger partial charge in [-0.25, -0.2) is 9.37 Å². The summed E-state index contributed by atoms with van der Waals surface area (Å²) < 4.78 is 14.0. The zero-order valence-corrected chi connectivity index (χ0v) is 16.8. The Labute approximate surface area is 169 Å². The Kier molecular flexibility index (Phi) is 5.23. The van der Waals surface area contributed by atoms with Crippen molar-refractivity contribution in [2.75, 3.05) is 11.4 Å². The van der Waals surface area contributed by atoms with Gasteiger partial charge >= 0.3 is 0 Å². The van der Waals surface area contributed by atoms with Gasteiger partial charge in [0.1, 0.15) is 5.82 Å². The molecule has 0 radical (unpaired) electrons. The predicted octanol–water partition coefficient (Wildman–Crippen LogP) is 3.99. The number of thiazole rings is 1. The van der Waals surface area contributed by atoms with Crippen LogP contribution in [-0.4, -0.2) is 23.3 Å². The van der Waals surface area contributed by atoms with Crippen LogP contribution in [0.2, 0.25) is 0 Å². The van der Waals surface area contributed by atoms with Crippen LogP contribution < -0.4 is 10.2 Å². The molecule has 1 aliphatic rings. The largest absolute Gasteiger partial charge is 0.351 e. The van der Waals surface area contributed by atoms with Crippen molar-refractivity contribution in [3.63, 3.8) is 0 Å². The van der Waals surface area contributed by atoms with E-state index in [1.165, 1.54) is 11.0 Å². The molecular weight excluding hydrogens is 397 g/mol. The molecule has 0 bridgehead atoms. The number of anilines is 1. The molecule has 28 heavy (non-hydrogen) atoms. The molecule has 5 nitrogen and oxygen atoms in total. The average Bonchev–Trinajstić information content (AvgIpc) is 3.40. The Bertz CT molecular complexity index is 1030. The zero-order chi connectivity index (χ0) is 19.7. The van der Waals surface area contributed by atoms with E-state index in [1.54, 1.807) is 40.9 Å². The van der Waals surface area contributed by atoms with E-state index >= 15 is 0 Å². The fraction of sp³-hybridized carbons (Fsp3) is 0.250. The van der Waals surface area contributed by atoms with Crippen molar-refractivity contribution >= 4 is 40.2 Å². The summed E-state index contributed by atoms with van der Waals surface area (Å²) in [5.41, 5.74) is 1.18. The molecular formula is C20H18FN3O2S2. The lowest BCUT2D eigenvalue weighted by atomic mass is 10.1. The molecule has 2 amide bonds. The number of para-hydroxylation sites is 1. The van der Waals surface area contributed by atoms with Gasteiger partial charge in [-0.2, -0.15) is 0 Å². The molecule has 4 rings (SSSR count). The van der Waals surface area contributed by atoms with E-state index in [4.69, 9.17) is 0 Å². The molecule has 144 valence electrons. The van der Waals surface area contributed by atoms with E-state index in [-0.39, 0.29) is 30.5 Å². The summed E-state index contributed by atoms with van der Waals surface area (Å²) in [4.78, 5) is 32.7. The first-order chi connectivity index (χ1) is 13.5. The summed E-state index contributed by atoms with van der Waals surface area (Å²) >= 11 is 3.19. The van der Waals surface area contributed by atoms with Gasteiger partial charge in [0, 0.05) is 23.2 Å². The summed E-state index contributed by atoms with van der Waals surface area (Å²) in [6, 6.07) is 10.1. The number of rotatable bonds is 5. The lowest BCUT2D eigenvalue weighted by molar-refractivity contribution is -0.126. The topological polar surface area (TPSA) is 62.3 Å². The van der Waals surface area contributed by atoms with Gasteiger partial charge in [-0.05, 0) is 31.2 Å². The Morgan fingerprint density at radius 1 is 1.32 bits per heavy atom. The maximum atomic E-state index is 14.0. The molecule has 3 heterocycles. The number of benzene rings is 1. The number of carbonyl (C=O) groups excluding carboxylic acids is 2. The molecule has 0 spiro atoms. The third-order valence-electron chi connectivity index (χ3n) is 4.61. The van der Waals surface area contributed by atoms with Gasteiger partial charge < -0.3 is 10.2 Å². The van der Waals surface area contributed by atoms with Crippen molar-refractivity contribution in [3.05, 3.63) is 57.5 Å². The fourth-order valence-electron chi connectivity index (χ4n) is 3.19. The number of hydrogen-bond donors (Lipinski definition) is 1. The highest BCUT2D eigenvalue weighted by Gasteiger charge is 2.36. The van der Waals surface area contributed by atoms with Crippen molar-refractivity contribution in [3.8, 4) is 10.6 Å². The summed E-state index contributed by atoms with van der Waals surface area (Å²) in [5.74, 6) is -1.36. The van der Waals surface area contributed by atoms with Gasteiger partial charge in [0.15, 0.2) is 0 Å². The van der Waals surface area contributed by atoms with E-state index < -0.39 is 11.7 Å². The summed E-state index contributed by atoms with van der Waals surface area (Å²) in [7, 11) is 0. The van der Waals surface area contributed by atoms with Crippen LogP contribution in [0.1, 0.15) is 16.3 Å². The average molecular weight is 416 g/mol. The maximum Gasteiger partial charge on any atom is 0.227 e. The van der Waals surface area contributed by atoms with Crippen LogP contribution in [0.3, 0.4) is 0 Å². The van der Waals surface area contributed by atoms with Gasteiger partial charge in [-0.3, -0.25) is 9.59 Å². The highest BCUT2D eigenvalue weighted by molar-refractivity contribution is 7.16. The Morgan fingerprint density at radius 2 is 2.14 bits per heavy atom. The van der Waals surface area contributed by atoms with Crippen molar-refractivity contribution in [1.29, 1.82) is 0 Å². The van der Waals surface area contributed by atoms with Crippen molar-refractivity contribution in [2.24, 2.45) is 5.92 Å². The Balaban J connectivity index is 1.36. The first-order valence-electron chi connectivity index (χ1n) is 8.85. The molecule has 1 aliphatic heterocycles. The van der Waals surface area contributed by atoms with Gasteiger partial charge in [0.2, 0.25) is 11.8 Å². The SMILES string of the molecule is Cc1nc(-c2ccc(CNC(=O)C3CC(=O)N(c4ccccc4F)C3)s2)cs1. The van der Waals surface area contributed by atoms with E-state index in [2.05, 4.69) is 10.3 Å². The first kappa shape index (κ1) is 18.8. The molecule has 3 aromatic rings. The second kappa shape index (κ2) is 7.81. The van der Waals surface area contributed by atoms with Crippen molar-refractivity contribution in [1.82, 2.24) is 10.3 Å². The van der Waals surface area contributed by atoms with Crippen LogP contribution >= 0.6 is 22.7 Å². The third-order valence-corrected chi connectivity index (χ3v) is 6.49. The molecule has 2 aromatic heterocycles. The smallest absolute Gasteiger partial charge is 0.227 e. The van der Waals surface area contributed by atoms with Crippen LogP contribution in [0.4, 0.5) is 10.1 Å². The number of carbonyl (C=O) groups is 2. The van der Waals surface area contributed by atoms with Gasteiger partial charge in [0.25, 0.3) is 0 Å². The summed E-state index contributed by atoms with van der Waals surface area (Å²) in [6.07, 6.45) is 0.0912. The monoisotopic (exact) mass is 415 g/mol. The predicted molar refractivity (Wildman–Crippen MR) is 109 cm³/mol. The number of hydrogen-bond acceptors (Lipinski definition) is 5. The molecule has 0 saturated carbocycles. The summed E-state index contributed by atoms with van der Waals surface area (Å²) in [5, 5.41) is 5.94. The Morgan fingerprint density at radius 3 is 2.89 bits per heavy atom. The van der Waals surface area contributed by atoms with Gasteiger partial charge in [-0.1, -0.05) is 12.1 Å². The molecule has 8 heteroatoms. The number of aryl methyl sites for hydroxylation is 1. The number of thiophene rings is 1. The third kappa shape index (κ3) is 3.83. The normalized spacial score (nSPS) is 16.6. The van der Waals surface area contributed by atoms with E-state index in [0.717, 1.165) is 20.5 Å². The number of nitrogens with zero attached hydrogens (tertiary/aromatic N) is 2. The second-order valence-corrected chi connectivity index (χ2v) is 8.82. The molecule has 1 unspecified atom stereocenters. The molecule has 1 atom stereocenters. The van der Waals surface area contributed by atoms with E-state index in [0.29, 0.717) is 6.54 Å². The first-order valence-corrected chi connectivity index (χ1v) is 10.5. The molecule has 1 fully saturated rings. The van der Waals surface area contributed by atoms with Crippen LogP contribution in [-0.2, 0) is 16.1 Å². The number of amides is 2. The molecule has 1 aromatic carbocycles. The maximum absolute atomic E-state index is 14.0. The zero-order valence-electron chi connectivity index (χ0n) is 15.1. The van der Waals surface area contributed by atoms with Gasteiger partial charge in [-0.15, -0.1) is 22.7 Å². The number of aromatic nitrogens is 1. The standard InChI is InChI=1S/C20H18FN3O2S2/c1-12-23-16(11-27-12)18-7-6-14(28-18)9-22-20(26)13-8-19(25)24(10-13)17-5-3-2-4-15(17)21/h2-7,11,13H,8-10H2,1H3,(H,22,26). The molecule has 1 saturated heterocycles. The second-order valence-electron chi connectivity index (χ2n) is 6.59. The minimum Gasteiger partial charge on any atom is -0.351 e. The minimum absolute atomic E-state index is 0.0912. The number of halogens is 1. The van der Waals surface area contributed by atoms with Crippen molar-refractivity contribution < 1.29 is 14.0 Å². The number of nitrogens with one attached hydrogen (secondary N) is 1. The minimum atomic E-state index is -0.479. The van der Waals surface area contributed by atoms with Crippen LogP contribution in [0, 0.1) is 18.7 Å². The van der Waals surface area contributed by atoms with Crippen LogP contribution in [0.25, 0.3) is 10.6 Å². The fourth-order valence-corrected chi connectivity index (χ4v) is 4.79. The molecule has 1 N–H and O–H groups in total. The van der Waals surface area contributed by atoms with Crippen LogP contribution in [0.15, 0.2) is 41.8 Å². The van der Waals surface area contributed by atoms with E-state index in [1.807, 2.05) is 24.4 Å². The van der Waals surface area contributed by atoms with Crippen molar-refractivity contribution in [2.45, 2.75) is 19.9 Å². The molecule has 0 aliphatic carbocycles. The van der Waals surface area contributed by atoms with Crippen LogP contribution in [0.5, 0.6) is 0 Å². The van der Waals surface area contributed by atoms with E-state index in [9.17, 15) is 14.0 Å². The Hall–Kier alpha value is -2.58. The lowest BCUT2D eigenvalue weighted by Crippen LogP contribution is -2.32. The highest BCUT2D eigenvalue weighted by atomic mass is 32.1. The summed E-state index contributed by atoms with van der Waals surface area (Å²) in [6.45, 7) is 2.56. The quantitative estimate of drug-likeness (QED) is 0.685.